The maximum Gasteiger partial charge on any atom is 0.188 e. The summed E-state index contributed by atoms with van der Waals surface area (Å²) in [5.74, 6) is 0.953. The first-order chi connectivity index (χ1) is 12.2. The van der Waals surface area contributed by atoms with Gasteiger partial charge >= 0.3 is 0 Å². The normalized spacial score (nSPS) is 23.4. The van der Waals surface area contributed by atoms with Crippen molar-refractivity contribution in [1.82, 2.24) is 9.47 Å². The Morgan fingerprint density at radius 3 is 2.76 bits per heavy atom. The van der Waals surface area contributed by atoms with Crippen molar-refractivity contribution in [3.8, 4) is 5.75 Å². The molecule has 4 nitrogen and oxygen atoms in total. The van der Waals surface area contributed by atoms with Crippen molar-refractivity contribution in [3.05, 3.63) is 46.0 Å². The van der Waals surface area contributed by atoms with Crippen LogP contribution in [0.3, 0.4) is 0 Å². The molecule has 1 fully saturated rings. The van der Waals surface area contributed by atoms with Crippen molar-refractivity contribution in [1.29, 1.82) is 0 Å². The van der Waals surface area contributed by atoms with E-state index in [4.69, 9.17) is 4.74 Å². The molecular formula is C20H25N2O2S+. The van der Waals surface area contributed by atoms with Crippen LogP contribution in [0, 0.1) is 0 Å². The molecule has 1 aromatic carbocycles. The lowest BCUT2D eigenvalue weighted by molar-refractivity contribution is 0.250. The molecule has 1 unspecified atom stereocenters. The molecule has 2 aliphatic rings. The van der Waals surface area contributed by atoms with E-state index < -0.39 is 0 Å². The Morgan fingerprint density at radius 2 is 2.08 bits per heavy atom. The molecular weight excluding hydrogens is 332 g/mol. The van der Waals surface area contributed by atoms with Crippen LogP contribution < -0.4 is 9.22 Å². The van der Waals surface area contributed by atoms with Gasteiger partial charge in [-0.25, -0.2) is 4.98 Å². The minimum Gasteiger partial charge on any atom is -0.491 e. The summed E-state index contributed by atoms with van der Waals surface area (Å²) in [6, 6.07) is 6.88. The van der Waals surface area contributed by atoms with Gasteiger partial charge < -0.3 is 9.84 Å². The summed E-state index contributed by atoms with van der Waals surface area (Å²) >= 11 is 1.52. The number of hydrogen-bond acceptors (Lipinski definition) is 4. The average Bonchev–Trinajstić information content (AvgIpc) is 3.26. The standard InChI is InChI=1S/C20H25N2O2S/c1-22(14-7-4-3-5-8-14)11-16(17-13-25-19(12-23)21-17)15-9-6-10-18(24-2)20(15)22/h6,9-11,13-14,23H,3-5,7-8,12H2,1-2H3/q+1. The van der Waals surface area contributed by atoms with Crippen molar-refractivity contribution in [2.24, 2.45) is 0 Å². The summed E-state index contributed by atoms with van der Waals surface area (Å²) in [5, 5.41) is 12.2. The second kappa shape index (κ2) is 6.56. The van der Waals surface area contributed by atoms with E-state index >= 15 is 0 Å². The first-order valence-electron chi connectivity index (χ1n) is 8.99. The van der Waals surface area contributed by atoms with Crippen LogP contribution in [0.15, 0.2) is 29.8 Å². The molecule has 0 amide bonds. The number of nitrogens with zero attached hydrogens (tertiary/aromatic N) is 2. The van der Waals surface area contributed by atoms with Gasteiger partial charge in [-0.2, -0.15) is 0 Å². The van der Waals surface area contributed by atoms with E-state index in [-0.39, 0.29) is 6.61 Å². The van der Waals surface area contributed by atoms with Gasteiger partial charge in [0.2, 0.25) is 0 Å². The maximum absolute atomic E-state index is 9.38. The van der Waals surface area contributed by atoms with Crippen LogP contribution >= 0.6 is 11.3 Å². The lowest BCUT2D eigenvalue weighted by atomic mass is 9.92. The van der Waals surface area contributed by atoms with Crippen molar-refractivity contribution in [2.75, 3.05) is 14.2 Å². The zero-order valence-electron chi connectivity index (χ0n) is 14.9. The predicted molar refractivity (Wildman–Crippen MR) is 103 cm³/mol. The summed E-state index contributed by atoms with van der Waals surface area (Å²) in [6.45, 7) is -0.00232. The van der Waals surface area contributed by atoms with Crippen LogP contribution in [-0.4, -0.2) is 30.3 Å². The lowest BCUT2D eigenvalue weighted by Crippen LogP contribution is -2.48. The van der Waals surface area contributed by atoms with Gasteiger partial charge in [-0.1, -0.05) is 12.5 Å². The first-order valence-corrected chi connectivity index (χ1v) is 9.87. The Hall–Kier alpha value is -1.69. The Labute approximate surface area is 153 Å². The van der Waals surface area contributed by atoms with E-state index in [1.807, 2.05) is 0 Å². The number of aliphatic hydroxyl groups is 1. The third-order valence-electron chi connectivity index (χ3n) is 5.68. The van der Waals surface area contributed by atoms with Crippen LogP contribution in [0.4, 0.5) is 5.69 Å². The molecule has 0 radical (unpaired) electrons. The van der Waals surface area contributed by atoms with E-state index in [9.17, 15) is 5.11 Å². The summed E-state index contributed by atoms with van der Waals surface area (Å²) in [6.07, 6.45) is 8.81. The van der Waals surface area contributed by atoms with Crippen molar-refractivity contribution in [2.45, 2.75) is 44.8 Å². The minimum absolute atomic E-state index is 0.00232. The number of benzene rings is 1. The van der Waals surface area contributed by atoms with Gasteiger partial charge in [0.1, 0.15) is 11.2 Å². The van der Waals surface area contributed by atoms with E-state index in [1.54, 1.807) is 7.11 Å². The number of aliphatic hydroxyl groups excluding tert-OH is 1. The number of rotatable bonds is 4. The highest BCUT2D eigenvalue weighted by Gasteiger charge is 2.44. The van der Waals surface area contributed by atoms with E-state index in [2.05, 4.69) is 41.8 Å². The molecule has 1 saturated carbocycles. The fraction of sp³-hybridized carbons (Fsp3) is 0.450. The van der Waals surface area contributed by atoms with E-state index in [0.29, 0.717) is 6.04 Å². The predicted octanol–water partition coefficient (Wildman–Crippen LogP) is 4.32. The molecule has 2 aromatic rings. The fourth-order valence-electron chi connectivity index (χ4n) is 4.42. The van der Waals surface area contributed by atoms with Crippen LogP contribution in [-0.2, 0) is 6.61 Å². The third-order valence-corrected chi connectivity index (χ3v) is 6.52. The number of thiazole rings is 1. The molecule has 2 heterocycles. The highest BCUT2D eigenvalue weighted by Crippen LogP contribution is 2.50. The number of para-hydroxylation sites is 1. The first kappa shape index (κ1) is 16.8. The number of aromatic nitrogens is 1. The molecule has 1 aromatic heterocycles. The summed E-state index contributed by atoms with van der Waals surface area (Å²) in [4.78, 5) is 4.63. The topological polar surface area (TPSA) is 42.4 Å². The van der Waals surface area contributed by atoms with Crippen LogP contribution in [0.5, 0.6) is 5.75 Å². The molecule has 0 bridgehead atoms. The highest BCUT2D eigenvalue weighted by atomic mass is 32.1. The largest absolute Gasteiger partial charge is 0.491 e. The van der Waals surface area contributed by atoms with Gasteiger partial charge in [-0.15, -0.1) is 11.3 Å². The zero-order chi connectivity index (χ0) is 17.4. The summed E-state index contributed by atoms with van der Waals surface area (Å²) in [5.41, 5.74) is 4.59. The number of hydrogen-bond donors (Lipinski definition) is 1. The quantitative estimate of drug-likeness (QED) is 0.829. The molecule has 5 heteroatoms. The fourth-order valence-corrected chi connectivity index (χ4v) is 5.07. The number of fused-ring (bicyclic) bond motifs is 1. The highest BCUT2D eigenvalue weighted by molar-refractivity contribution is 7.09. The van der Waals surface area contributed by atoms with Gasteiger partial charge in [-0.05, 0) is 25.0 Å². The SMILES string of the molecule is COc1cccc2c1[N+](C)(C1CCCCC1)C=C2c1csc(CO)n1. The Bertz CT molecular complexity index is 808. The van der Waals surface area contributed by atoms with E-state index in [1.165, 1.54) is 54.7 Å². The zero-order valence-corrected chi connectivity index (χ0v) is 15.7. The molecule has 4 rings (SSSR count). The summed E-state index contributed by atoms with van der Waals surface area (Å²) in [7, 11) is 4.06. The lowest BCUT2D eigenvalue weighted by Gasteiger charge is -2.38. The average molecular weight is 357 g/mol. The van der Waals surface area contributed by atoms with Crippen LogP contribution in [0.2, 0.25) is 0 Å². The minimum atomic E-state index is -0.00232. The monoisotopic (exact) mass is 357 g/mol. The molecule has 1 N–H and O–H groups in total. The van der Waals surface area contributed by atoms with E-state index in [0.717, 1.165) is 26.5 Å². The molecule has 1 aliphatic heterocycles. The third kappa shape index (κ3) is 2.71. The van der Waals surface area contributed by atoms with Gasteiger partial charge in [-0.3, -0.25) is 4.48 Å². The van der Waals surface area contributed by atoms with Gasteiger partial charge in [0.05, 0.1) is 43.6 Å². The Kier molecular flexibility index (Phi) is 4.40. The molecule has 1 atom stereocenters. The molecule has 132 valence electrons. The molecule has 25 heavy (non-hydrogen) atoms. The van der Waals surface area contributed by atoms with Gasteiger partial charge in [0.25, 0.3) is 0 Å². The van der Waals surface area contributed by atoms with Crippen molar-refractivity contribution in [3.63, 3.8) is 0 Å². The van der Waals surface area contributed by atoms with Crippen LogP contribution in [0.1, 0.15) is 48.4 Å². The smallest absolute Gasteiger partial charge is 0.188 e. The molecule has 1 aliphatic carbocycles. The molecule has 0 spiro atoms. The van der Waals surface area contributed by atoms with Crippen molar-refractivity contribution < 1.29 is 9.84 Å². The molecule has 0 saturated heterocycles. The number of ether oxygens (including phenoxy) is 1. The second-order valence-electron chi connectivity index (χ2n) is 7.12. The number of quaternary nitrogens is 1. The van der Waals surface area contributed by atoms with Gasteiger partial charge in [0, 0.05) is 18.2 Å². The Morgan fingerprint density at radius 1 is 1.28 bits per heavy atom. The van der Waals surface area contributed by atoms with Crippen molar-refractivity contribution >= 4 is 22.6 Å². The van der Waals surface area contributed by atoms with Gasteiger partial charge in [0.15, 0.2) is 11.4 Å². The summed E-state index contributed by atoms with van der Waals surface area (Å²) < 4.78 is 6.54. The second-order valence-corrected chi connectivity index (χ2v) is 8.07. The maximum atomic E-state index is 9.38. The Balaban J connectivity index is 1.87. The number of methoxy groups -OCH3 is 1. The van der Waals surface area contributed by atoms with Crippen LogP contribution in [0.25, 0.3) is 5.57 Å².